The van der Waals surface area contributed by atoms with Gasteiger partial charge in [0.05, 0.1) is 10.7 Å². The molecule has 0 spiro atoms. The van der Waals surface area contributed by atoms with Crippen LogP contribution in [0.4, 0.5) is 5.69 Å². The number of carbonyl (C=O) groups excluding carboxylic acids is 1. The molecule has 22 heavy (non-hydrogen) atoms. The molecule has 0 atom stereocenters. The number of rotatable bonds is 3. The third kappa shape index (κ3) is 3.55. The molecule has 118 valence electrons. The van der Waals surface area contributed by atoms with E-state index >= 15 is 0 Å². The number of amides is 1. The minimum Gasteiger partial charge on any atom is -0.348 e. The van der Waals surface area contributed by atoms with Crippen molar-refractivity contribution in [3.05, 3.63) is 28.2 Å². The maximum Gasteiger partial charge on any atom is 0.267 e. The van der Waals surface area contributed by atoms with E-state index in [-0.39, 0.29) is 5.91 Å². The number of anilines is 1. The van der Waals surface area contributed by atoms with Gasteiger partial charge in [-0.15, -0.1) is 0 Å². The van der Waals surface area contributed by atoms with Crippen LogP contribution in [0.2, 0.25) is 10.0 Å². The Morgan fingerprint density at radius 2 is 2.00 bits per heavy atom. The lowest BCUT2D eigenvalue weighted by Crippen LogP contribution is -2.39. The number of benzene rings is 1. The van der Waals surface area contributed by atoms with E-state index in [2.05, 4.69) is 10.4 Å². The van der Waals surface area contributed by atoms with E-state index in [0.29, 0.717) is 34.8 Å². The molecule has 0 saturated heterocycles. The third-order valence-corrected chi connectivity index (χ3v) is 4.73. The molecule has 6 heteroatoms. The van der Waals surface area contributed by atoms with Gasteiger partial charge in [0.25, 0.3) is 5.91 Å². The summed E-state index contributed by atoms with van der Waals surface area (Å²) in [6, 6.07) is 5.60. The van der Waals surface area contributed by atoms with Crippen LogP contribution < -0.4 is 10.3 Å². The van der Waals surface area contributed by atoms with Crippen molar-refractivity contribution in [2.45, 2.75) is 44.6 Å². The van der Waals surface area contributed by atoms with Crippen LogP contribution in [0, 0.1) is 0 Å². The first kappa shape index (κ1) is 15.6. The Morgan fingerprint density at radius 3 is 2.73 bits per heavy atom. The zero-order chi connectivity index (χ0) is 15.5. The van der Waals surface area contributed by atoms with Crippen molar-refractivity contribution in [2.75, 3.05) is 11.6 Å². The average Bonchev–Trinajstić information content (AvgIpc) is 2.98. The summed E-state index contributed by atoms with van der Waals surface area (Å²) in [5, 5.41) is 10.4. The molecule has 1 fully saturated rings. The summed E-state index contributed by atoms with van der Waals surface area (Å²) < 4.78 is 0. The summed E-state index contributed by atoms with van der Waals surface area (Å²) in [4.78, 5) is 12.3. The fraction of sp³-hybridized carbons (Fsp3) is 0.500. The molecule has 0 unspecified atom stereocenters. The highest BCUT2D eigenvalue weighted by atomic mass is 35.5. The van der Waals surface area contributed by atoms with Gasteiger partial charge < -0.3 is 5.32 Å². The summed E-state index contributed by atoms with van der Waals surface area (Å²) in [6.07, 6.45) is 6.46. The maximum atomic E-state index is 12.3. The molecule has 1 aliphatic heterocycles. The van der Waals surface area contributed by atoms with Gasteiger partial charge >= 0.3 is 0 Å². The molecule has 0 radical (unpaired) electrons. The normalized spacial score (nSPS) is 19.2. The standard InChI is InChI=1S/C16H19Cl2N3O/c17-11-6-7-15(13(18)10-11)21-9-8-14(20-21)16(22)19-12-4-2-1-3-5-12/h6-7,10,12H,1-5,8-9H2,(H,19,22). The Hall–Kier alpha value is -1.26. The zero-order valence-corrected chi connectivity index (χ0v) is 13.8. The first-order valence-electron chi connectivity index (χ1n) is 7.74. The molecule has 1 heterocycles. The first-order valence-corrected chi connectivity index (χ1v) is 8.50. The van der Waals surface area contributed by atoms with Gasteiger partial charge in [0.1, 0.15) is 5.71 Å². The summed E-state index contributed by atoms with van der Waals surface area (Å²) in [6.45, 7) is 0.661. The molecule has 1 amide bonds. The highest BCUT2D eigenvalue weighted by Gasteiger charge is 2.25. The van der Waals surface area contributed by atoms with Crippen LogP contribution in [0.15, 0.2) is 23.3 Å². The van der Waals surface area contributed by atoms with Crippen LogP contribution in [0.25, 0.3) is 0 Å². The highest BCUT2D eigenvalue weighted by molar-refractivity contribution is 6.40. The minimum atomic E-state index is -0.0421. The summed E-state index contributed by atoms with van der Waals surface area (Å²) >= 11 is 12.1. The Bertz CT molecular complexity index is 597. The van der Waals surface area contributed by atoms with Crippen molar-refractivity contribution < 1.29 is 4.79 Å². The Morgan fingerprint density at radius 1 is 1.23 bits per heavy atom. The Kier molecular flexibility index (Phi) is 4.89. The predicted octanol–water partition coefficient (Wildman–Crippen LogP) is 4.01. The Balaban J connectivity index is 1.66. The van der Waals surface area contributed by atoms with Gasteiger partial charge in [-0.3, -0.25) is 9.80 Å². The molecule has 2 aliphatic rings. The molecular formula is C16H19Cl2N3O. The van der Waals surface area contributed by atoms with Gasteiger partial charge in [-0.1, -0.05) is 42.5 Å². The van der Waals surface area contributed by atoms with E-state index in [9.17, 15) is 4.79 Å². The number of halogens is 2. The second kappa shape index (κ2) is 6.88. The summed E-state index contributed by atoms with van der Waals surface area (Å²) in [5.41, 5.74) is 1.36. The lowest BCUT2D eigenvalue weighted by molar-refractivity contribution is -0.115. The maximum absolute atomic E-state index is 12.3. The van der Waals surface area contributed by atoms with E-state index in [4.69, 9.17) is 23.2 Å². The summed E-state index contributed by atoms with van der Waals surface area (Å²) in [7, 11) is 0. The van der Waals surface area contributed by atoms with E-state index in [1.165, 1.54) is 19.3 Å². The second-order valence-corrected chi connectivity index (χ2v) is 6.67. The van der Waals surface area contributed by atoms with Crippen LogP contribution in [0.5, 0.6) is 0 Å². The molecule has 0 bridgehead atoms. The number of nitrogens with zero attached hydrogens (tertiary/aromatic N) is 2. The number of nitrogens with one attached hydrogen (secondary N) is 1. The molecule has 1 N–H and O–H groups in total. The van der Waals surface area contributed by atoms with Crippen molar-refractivity contribution in [1.29, 1.82) is 0 Å². The van der Waals surface area contributed by atoms with E-state index in [1.807, 2.05) is 6.07 Å². The fourth-order valence-corrected chi connectivity index (χ4v) is 3.50. The molecule has 1 aromatic rings. The molecule has 1 aliphatic carbocycles. The van der Waals surface area contributed by atoms with E-state index < -0.39 is 0 Å². The van der Waals surface area contributed by atoms with Gasteiger partial charge in [-0.05, 0) is 31.0 Å². The van der Waals surface area contributed by atoms with Gasteiger partial charge in [0.15, 0.2) is 0 Å². The van der Waals surface area contributed by atoms with Crippen LogP contribution in [0.3, 0.4) is 0 Å². The molecule has 1 aromatic carbocycles. The van der Waals surface area contributed by atoms with Gasteiger partial charge in [-0.25, -0.2) is 0 Å². The van der Waals surface area contributed by atoms with Crippen LogP contribution in [-0.2, 0) is 4.79 Å². The van der Waals surface area contributed by atoms with Crippen LogP contribution in [-0.4, -0.2) is 24.2 Å². The Labute approximate surface area is 140 Å². The van der Waals surface area contributed by atoms with Crippen molar-refractivity contribution in [3.8, 4) is 0 Å². The topological polar surface area (TPSA) is 44.7 Å². The van der Waals surface area contributed by atoms with Crippen molar-refractivity contribution in [1.82, 2.24) is 5.32 Å². The fourth-order valence-electron chi connectivity index (χ4n) is 3.00. The molecular weight excluding hydrogens is 321 g/mol. The lowest BCUT2D eigenvalue weighted by atomic mass is 9.95. The SMILES string of the molecule is O=C(NC1CCCCC1)C1=NN(c2ccc(Cl)cc2Cl)CC1. The largest absolute Gasteiger partial charge is 0.348 e. The third-order valence-electron chi connectivity index (χ3n) is 4.19. The van der Waals surface area contributed by atoms with Crippen molar-refractivity contribution >= 4 is 40.5 Å². The molecule has 4 nitrogen and oxygen atoms in total. The smallest absolute Gasteiger partial charge is 0.267 e. The van der Waals surface area contributed by atoms with Crippen LogP contribution in [0.1, 0.15) is 38.5 Å². The highest BCUT2D eigenvalue weighted by Crippen LogP contribution is 2.30. The van der Waals surface area contributed by atoms with E-state index in [1.54, 1.807) is 17.1 Å². The number of hydrogen-bond donors (Lipinski definition) is 1. The van der Waals surface area contributed by atoms with Crippen molar-refractivity contribution in [2.24, 2.45) is 5.10 Å². The molecule has 0 aromatic heterocycles. The molecule has 1 saturated carbocycles. The van der Waals surface area contributed by atoms with Gasteiger partial charge in [0.2, 0.25) is 0 Å². The number of hydrazone groups is 1. The minimum absolute atomic E-state index is 0.0421. The predicted molar refractivity (Wildman–Crippen MR) is 90.9 cm³/mol. The van der Waals surface area contributed by atoms with E-state index in [0.717, 1.165) is 18.5 Å². The average molecular weight is 340 g/mol. The van der Waals surface area contributed by atoms with Crippen molar-refractivity contribution in [3.63, 3.8) is 0 Å². The van der Waals surface area contributed by atoms with Gasteiger partial charge in [-0.2, -0.15) is 5.10 Å². The number of carbonyl (C=O) groups is 1. The second-order valence-electron chi connectivity index (χ2n) is 5.82. The monoisotopic (exact) mass is 339 g/mol. The number of hydrogen-bond acceptors (Lipinski definition) is 3. The quantitative estimate of drug-likeness (QED) is 0.904. The lowest BCUT2D eigenvalue weighted by Gasteiger charge is -2.22. The molecule has 3 rings (SSSR count). The first-order chi connectivity index (χ1) is 10.6. The zero-order valence-electron chi connectivity index (χ0n) is 12.3. The summed E-state index contributed by atoms with van der Waals surface area (Å²) in [5.74, 6) is -0.0421. The van der Waals surface area contributed by atoms with Crippen LogP contribution >= 0.6 is 23.2 Å². The van der Waals surface area contributed by atoms with Gasteiger partial charge in [0, 0.05) is 24.0 Å².